The summed E-state index contributed by atoms with van der Waals surface area (Å²) < 4.78 is 1.03. The zero-order valence-corrected chi connectivity index (χ0v) is 14.7. The number of aromatic nitrogens is 1. The predicted octanol–water partition coefficient (Wildman–Crippen LogP) is 4.66. The van der Waals surface area contributed by atoms with Gasteiger partial charge < -0.3 is 5.32 Å². The van der Waals surface area contributed by atoms with Gasteiger partial charge in [0.25, 0.3) is 0 Å². The highest BCUT2D eigenvalue weighted by Gasteiger charge is 2.10. The Morgan fingerprint density at radius 1 is 1.24 bits per heavy atom. The summed E-state index contributed by atoms with van der Waals surface area (Å²) in [6, 6.07) is 9.77. The van der Waals surface area contributed by atoms with Crippen LogP contribution in [0.1, 0.15) is 5.69 Å². The topological polar surface area (TPSA) is 42.0 Å². The van der Waals surface area contributed by atoms with Gasteiger partial charge in [-0.05, 0) is 46.2 Å². The number of hydrogen-bond acceptors (Lipinski definition) is 4. The number of para-hydroxylation sites is 1. The number of thiazole rings is 1. The first-order valence-electron chi connectivity index (χ1n) is 6.24. The predicted molar refractivity (Wildman–Crippen MR) is 96.9 cm³/mol. The molecule has 0 aliphatic heterocycles. The minimum absolute atomic E-state index is 0.0405. The zero-order valence-electron chi connectivity index (χ0n) is 10.9. The van der Waals surface area contributed by atoms with Gasteiger partial charge in [-0.15, -0.1) is 11.3 Å². The van der Waals surface area contributed by atoms with Crippen molar-refractivity contribution in [3.05, 3.63) is 55.7 Å². The molecule has 3 nitrogen and oxygen atoms in total. The van der Waals surface area contributed by atoms with E-state index in [1.807, 2.05) is 41.1 Å². The Balaban J connectivity index is 1.67. The molecule has 3 aromatic rings. The number of nitrogens with zero attached hydrogens (tertiary/aromatic N) is 1. The molecule has 1 N–H and O–H groups in total. The highest BCUT2D eigenvalue weighted by molar-refractivity contribution is 14.1. The number of thiophene rings is 1. The van der Waals surface area contributed by atoms with E-state index in [-0.39, 0.29) is 5.91 Å². The van der Waals surface area contributed by atoms with Gasteiger partial charge in [0.05, 0.1) is 17.8 Å². The number of hydrogen-bond donors (Lipinski definition) is 1. The van der Waals surface area contributed by atoms with Crippen LogP contribution in [0, 0.1) is 3.57 Å². The van der Waals surface area contributed by atoms with Gasteiger partial charge >= 0.3 is 0 Å². The second-order valence-corrected chi connectivity index (χ2v) is 7.16. The van der Waals surface area contributed by atoms with Crippen molar-refractivity contribution >= 4 is 56.9 Å². The monoisotopic (exact) mass is 426 g/mol. The summed E-state index contributed by atoms with van der Waals surface area (Å²) in [5.74, 6) is -0.0405. The molecule has 1 aromatic carbocycles. The fourth-order valence-electron chi connectivity index (χ4n) is 1.83. The first-order chi connectivity index (χ1) is 10.2. The van der Waals surface area contributed by atoms with Crippen LogP contribution in [0.4, 0.5) is 5.69 Å². The largest absolute Gasteiger partial charge is 0.325 e. The lowest BCUT2D eigenvalue weighted by atomic mass is 10.3. The Morgan fingerprint density at radius 2 is 2.10 bits per heavy atom. The van der Waals surface area contributed by atoms with E-state index in [1.165, 1.54) is 0 Å². The summed E-state index contributed by atoms with van der Waals surface area (Å²) in [7, 11) is 0. The minimum atomic E-state index is -0.0405. The van der Waals surface area contributed by atoms with Gasteiger partial charge in [-0.1, -0.05) is 12.1 Å². The Labute approximate surface area is 144 Å². The first kappa shape index (κ1) is 14.7. The summed E-state index contributed by atoms with van der Waals surface area (Å²) in [6.45, 7) is 0. The molecule has 0 aliphatic rings. The van der Waals surface area contributed by atoms with Crippen molar-refractivity contribution in [2.45, 2.75) is 6.42 Å². The van der Waals surface area contributed by atoms with Crippen molar-refractivity contribution in [2.24, 2.45) is 0 Å². The van der Waals surface area contributed by atoms with Gasteiger partial charge in [0.15, 0.2) is 0 Å². The molecule has 1 amide bonds. The second-order valence-electron chi connectivity index (χ2n) is 4.36. The van der Waals surface area contributed by atoms with Crippen LogP contribution < -0.4 is 5.32 Å². The highest BCUT2D eigenvalue weighted by Crippen LogP contribution is 2.26. The number of anilines is 1. The van der Waals surface area contributed by atoms with Crippen molar-refractivity contribution in [2.75, 3.05) is 5.32 Å². The van der Waals surface area contributed by atoms with Crippen molar-refractivity contribution in [3.8, 4) is 10.6 Å². The number of rotatable bonds is 4. The van der Waals surface area contributed by atoms with E-state index in [9.17, 15) is 4.79 Å². The van der Waals surface area contributed by atoms with E-state index < -0.39 is 0 Å². The SMILES string of the molecule is O=C(Cc1csc(-c2ccsc2)n1)Nc1ccccc1I. The van der Waals surface area contributed by atoms with Gasteiger partial charge in [0.2, 0.25) is 5.91 Å². The third-order valence-corrected chi connectivity index (χ3v) is 5.37. The number of amides is 1. The van der Waals surface area contributed by atoms with E-state index >= 15 is 0 Å². The summed E-state index contributed by atoms with van der Waals surface area (Å²) in [4.78, 5) is 16.6. The number of carbonyl (C=O) groups excluding carboxylic acids is 1. The van der Waals surface area contributed by atoms with Crippen LogP contribution in [0.15, 0.2) is 46.5 Å². The van der Waals surface area contributed by atoms with Crippen LogP contribution in [0.5, 0.6) is 0 Å². The molecular weight excluding hydrogens is 415 g/mol. The molecule has 0 saturated carbocycles. The van der Waals surface area contributed by atoms with Crippen LogP contribution in [0.25, 0.3) is 10.6 Å². The fourth-order valence-corrected chi connectivity index (χ4v) is 3.88. The van der Waals surface area contributed by atoms with E-state index in [2.05, 4.69) is 38.3 Å². The van der Waals surface area contributed by atoms with Gasteiger partial charge in [0, 0.05) is 19.9 Å². The van der Waals surface area contributed by atoms with Crippen LogP contribution in [-0.2, 0) is 11.2 Å². The molecule has 0 unspecified atom stereocenters. The van der Waals surface area contributed by atoms with Gasteiger partial charge in [0.1, 0.15) is 5.01 Å². The third kappa shape index (κ3) is 3.69. The van der Waals surface area contributed by atoms with E-state index in [4.69, 9.17) is 0 Å². The van der Waals surface area contributed by atoms with Crippen molar-refractivity contribution in [3.63, 3.8) is 0 Å². The molecular formula is C15H11IN2OS2. The summed E-state index contributed by atoms with van der Waals surface area (Å²) in [6.07, 6.45) is 0.297. The fraction of sp³-hybridized carbons (Fsp3) is 0.0667. The molecule has 0 spiro atoms. The number of halogens is 1. The third-order valence-electron chi connectivity index (χ3n) is 2.81. The molecule has 0 atom stereocenters. The van der Waals surface area contributed by atoms with Crippen LogP contribution in [-0.4, -0.2) is 10.9 Å². The Bertz CT molecular complexity index is 753. The molecule has 6 heteroatoms. The molecule has 0 radical (unpaired) electrons. The zero-order chi connectivity index (χ0) is 14.7. The van der Waals surface area contributed by atoms with Gasteiger partial charge in [-0.25, -0.2) is 4.98 Å². The van der Waals surface area contributed by atoms with Gasteiger partial charge in [-0.2, -0.15) is 11.3 Å². The summed E-state index contributed by atoms with van der Waals surface area (Å²) >= 11 is 5.43. The summed E-state index contributed by atoms with van der Waals surface area (Å²) in [5.41, 5.74) is 2.77. The van der Waals surface area contributed by atoms with E-state index in [1.54, 1.807) is 22.7 Å². The molecule has 21 heavy (non-hydrogen) atoms. The average molecular weight is 426 g/mol. The Hall–Kier alpha value is -1.25. The molecule has 106 valence electrons. The molecule has 0 saturated heterocycles. The normalized spacial score (nSPS) is 10.5. The van der Waals surface area contributed by atoms with Crippen molar-refractivity contribution in [1.29, 1.82) is 0 Å². The lowest BCUT2D eigenvalue weighted by Gasteiger charge is -2.05. The van der Waals surface area contributed by atoms with E-state index in [0.717, 1.165) is 25.5 Å². The molecule has 0 aliphatic carbocycles. The number of benzene rings is 1. The smallest absolute Gasteiger partial charge is 0.230 e. The Morgan fingerprint density at radius 3 is 2.86 bits per heavy atom. The lowest BCUT2D eigenvalue weighted by molar-refractivity contribution is -0.115. The number of carbonyl (C=O) groups is 1. The molecule has 0 bridgehead atoms. The highest BCUT2D eigenvalue weighted by atomic mass is 127. The van der Waals surface area contributed by atoms with Crippen molar-refractivity contribution < 1.29 is 4.79 Å². The maximum atomic E-state index is 12.1. The molecule has 2 aromatic heterocycles. The van der Waals surface area contributed by atoms with Gasteiger partial charge in [-0.3, -0.25) is 4.79 Å². The molecule has 2 heterocycles. The standard InChI is InChI=1S/C15H11IN2OS2/c16-12-3-1-2-4-13(12)18-14(19)7-11-9-21-15(17-11)10-5-6-20-8-10/h1-6,8-9H,7H2,(H,18,19). The second kappa shape index (κ2) is 6.67. The number of nitrogens with one attached hydrogen (secondary N) is 1. The minimum Gasteiger partial charge on any atom is -0.325 e. The van der Waals surface area contributed by atoms with E-state index in [0.29, 0.717) is 6.42 Å². The van der Waals surface area contributed by atoms with Crippen LogP contribution in [0.3, 0.4) is 0 Å². The molecule has 0 fully saturated rings. The van der Waals surface area contributed by atoms with Crippen LogP contribution in [0.2, 0.25) is 0 Å². The quantitative estimate of drug-likeness (QED) is 0.617. The Kier molecular flexibility index (Phi) is 4.67. The van der Waals surface area contributed by atoms with Crippen molar-refractivity contribution in [1.82, 2.24) is 4.98 Å². The maximum absolute atomic E-state index is 12.1. The molecule has 3 rings (SSSR count). The van der Waals surface area contributed by atoms with Crippen LogP contribution >= 0.6 is 45.3 Å². The summed E-state index contributed by atoms with van der Waals surface area (Å²) in [5, 5.41) is 9.93. The lowest BCUT2D eigenvalue weighted by Crippen LogP contribution is -2.15. The average Bonchev–Trinajstić information content (AvgIpc) is 3.12. The maximum Gasteiger partial charge on any atom is 0.230 e. The first-order valence-corrected chi connectivity index (χ1v) is 9.14.